The van der Waals surface area contributed by atoms with Crippen molar-refractivity contribution in [2.24, 2.45) is 5.92 Å². The summed E-state index contributed by atoms with van der Waals surface area (Å²) in [7, 11) is 0. The first-order chi connectivity index (χ1) is 6.91. The van der Waals surface area contributed by atoms with Crippen LogP contribution in [0.5, 0.6) is 5.75 Å². The number of halogens is 1. The van der Waals surface area contributed by atoms with Crippen molar-refractivity contribution >= 4 is 5.97 Å². The Morgan fingerprint density at radius 3 is 2.67 bits per heavy atom. The fourth-order valence-corrected chi connectivity index (χ4v) is 1.34. The Labute approximate surface area is 87.2 Å². The molecule has 0 fully saturated rings. The Morgan fingerprint density at radius 2 is 2.13 bits per heavy atom. The molecule has 1 atom stereocenters. The molecule has 0 aliphatic heterocycles. The van der Waals surface area contributed by atoms with Crippen molar-refractivity contribution in [2.45, 2.75) is 20.3 Å². The molecule has 15 heavy (non-hydrogen) atoms. The number of aliphatic carboxylic acids is 1. The average molecular weight is 212 g/mol. The van der Waals surface area contributed by atoms with Crippen LogP contribution in [0.15, 0.2) is 12.1 Å². The fourth-order valence-electron chi connectivity index (χ4n) is 1.34. The number of carbonyl (C=O) groups is 1. The fraction of sp³-hybridized carbons (Fsp3) is 0.364. The Bertz CT molecular complexity index is 388. The van der Waals surface area contributed by atoms with E-state index in [2.05, 4.69) is 0 Å². The average Bonchev–Trinajstić information content (AvgIpc) is 2.13. The molecule has 0 aliphatic rings. The van der Waals surface area contributed by atoms with Gasteiger partial charge in [0.25, 0.3) is 0 Å². The van der Waals surface area contributed by atoms with Gasteiger partial charge < -0.3 is 10.2 Å². The molecule has 0 radical (unpaired) electrons. The number of aryl methyl sites for hydroxylation is 1. The van der Waals surface area contributed by atoms with Gasteiger partial charge in [0.1, 0.15) is 0 Å². The van der Waals surface area contributed by atoms with Crippen molar-refractivity contribution in [3.05, 3.63) is 29.1 Å². The summed E-state index contributed by atoms with van der Waals surface area (Å²) >= 11 is 0. The third kappa shape index (κ3) is 2.68. The minimum absolute atomic E-state index is 0.287. The van der Waals surface area contributed by atoms with Crippen molar-refractivity contribution in [2.75, 3.05) is 0 Å². The predicted molar refractivity (Wildman–Crippen MR) is 53.3 cm³/mol. The lowest BCUT2D eigenvalue weighted by Gasteiger charge is -2.10. The first-order valence-electron chi connectivity index (χ1n) is 4.62. The largest absolute Gasteiger partial charge is 0.505 e. The molecule has 4 heteroatoms. The van der Waals surface area contributed by atoms with Crippen LogP contribution in [-0.4, -0.2) is 16.2 Å². The number of hydrogen-bond donors (Lipinski definition) is 2. The van der Waals surface area contributed by atoms with Gasteiger partial charge in [-0.15, -0.1) is 0 Å². The van der Waals surface area contributed by atoms with Crippen LogP contribution in [0.2, 0.25) is 0 Å². The minimum Gasteiger partial charge on any atom is -0.505 e. The Morgan fingerprint density at radius 1 is 1.53 bits per heavy atom. The molecule has 1 aromatic rings. The van der Waals surface area contributed by atoms with Crippen molar-refractivity contribution in [1.82, 2.24) is 0 Å². The predicted octanol–water partition coefficient (Wildman–Crippen LogP) is 2.10. The molecular formula is C11H13FO3. The van der Waals surface area contributed by atoms with Gasteiger partial charge >= 0.3 is 5.97 Å². The molecule has 2 N–H and O–H groups in total. The molecule has 0 aliphatic carbocycles. The third-order valence-electron chi connectivity index (χ3n) is 2.35. The van der Waals surface area contributed by atoms with Crippen LogP contribution in [0.4, 0.5) is 4.39 Å². The lowest BCUT2D eigenvalue weighted by molar-refractivity contribution is -0.141. The lowest BCUT2D eigenvalue weighted by Crippen LogP contribution is -2.13. The van der Waals surface area contributed by atoms with Crippen molar-refractivity contribution < 1.29 is 19.4 Å². The second-order valence-electron chi connectivity index (χ2n) is 3.67. The maximum absolute atomic E-state index is 12.9. The summed E-state index contributed by atoms with van der Waals surface area (Å²) in [6, 6.07) is 2.49. The molecule has 0 saturated carbocycles. The van der Waals surface area contributed by atoms with Crippen LogP contribution in [0.1, 0.15) is 18.1 Å². The zero-order chi connectivity index (χ0) is 11.6. The first kappa shape index (κ1) is 11.5. The number of phenolic OH excluding ortho intramolecular Hbond substituents is 1. The maximum atomic E-state index is 12.9. The van der Waals surface area contributed by atoms with E-state index in [4.69, 9.17) is 10.2 Å². The zero-order valence-electron chi connectivity index (χ0n) is 8.62. The summed E-state index contributed by atoms with van der Waals surface area (Å²) in [6.45, 7) is 3.26. The standard InChI is InChI=1S/C11H13FO3/c1-6-4-9(12)10(13)5-8(6)3-7(2)11(14)15/h4-5,7,13H,3H2,1-2H3,(H,14,15). The Kier molecular flexibility index (Phi) is 3.29. The highest BCUT2D eigenvalue weighted by Gasteiger charge is 2.14. The molecule has 3 nitrogen and oxygen atoms in total. The smallest absolute Gasteiger partial charge is 0.306 e. The number of benzene rings is 1. The number of carboxylic acid groups (broad SMARTS) is 1. The normalized spacial score (nSPS) is 12.5. The molecule has 0 saturated heterocycles. The molecule has 1 aromatic carbocycles. The monoisotopic (exact) mass is 212 g/mol. The number of hydrogen-bond acceptors (Lipinski definition) is 2. The van der Waals surface area contributed by atoms with Crippen LogP contribution in [0.3, 0.4) is 0 Å². The summed E-state index contributed by atoms with van der Waals surface area (Å²) in [5, 5.41) is 17.9. The highest BCUT2D eigenvalue weighted by atomic mass is 19.1. The van der Waals surface area contributed by atoms with Crippen molar-refractivity contribution in [3.63, 3.8) is 0 Å². The Balaban J connectivity index is 2.95. The van der Waals surface area contributed by atoms with Gasteiger partial charge in [-0.25, -0.2) is 4.39 Å². The SMILES string of the molecule is Cc1cc(F)c(O)cc1CC(C)C(=O)O. The third-order valence-corrected chi connectivity index (χ3v) is 2.35. The highest BCUT2D eigenvalue weighted by molar-refractivity contribution is 5.70. The van der Waals surface area contributed by atoms with Gasteiger partial charge in [-0.05, 0) is 36.6 Å². The van der Waals surface area contributed by atoms with E-state index >= 15 is 0 Å². The second kappa shape index (κ2) is 4.29. The van der Waals surface area contributed by atoms with Gasteiger partial charge in [0.05, 0.1) is 5.92 Å². The highest BCUT2D eigenvalue weighted by Crippen LogP contribution is 2.22. The van der Waals surface area contributed by atoms with Gasteiger partial charge in [-0.3, -0.25) is 4.79 Å². The molecule has 1 rings (SSSR count). The molecular weight excluding hydrogens is 199 g/mol. The van der Waals surface area contributed by atoms with Crippen molar-refractivity contribution in [3.8, 4) is 5.75 Å². The molecule has 0 aromatic heterocycles. The van der Waals surface area contributed by atoms with Gasteiger partial charge in [-0.1, -0.05) is 6.92 Å². The topological polar surface area (TPSA) is 57.5 Å². The van der Waals surface area contributed by atoms with Crippen LogP contribution >= 0.6 is 0 Å². The molecule has 82 valence electrons. The van der Waals surface area contributed by atoms with Gasteiger partial charge in [-0.2, -0.15) is 0 Å². The van der Waals surface area contributed by atoms with Crippen LogP contribution < -0.4 is 0 Å². The Hall–Kier alpha value is -1.58. The molecule has 0 amide bonds. The number of carboxylic acids is 1. The van der Waals surface area contributed by atoms with E-state index in [9.17, 15) is 9.18 Å². The molecule has 0 bridgehead atoms. The second-order valence-corrected chi connectivity index (χ2v) is 3.67. The quantitative estimate of drug-likeness (QED) is 0.806. The van der Waals surface area contributed by atoms with Gasteiger partial charge in [0.15, 0.2) is 11.6 Å². The lowest BCUT2D eigenvalue weighted by atomic mass is 9.97. The van der Waals surface area contributed by atoms with Crippen LogP contribution in [0.25, 0.3) is 0 Å². The maximum Gasteiger partial charge on any atom is 0.306 e. The van der Waals surface area contributed by atoms with Gasteiger partial charge in [0, 0.05) is 0 Å². The van der Waals surface area contributed by atoms with Crippen molar-refractivity contribution in [1.29, 1.82) is 0 Å². The molecule has 0 spiro atoms. The van der Waals surface area contributed by atoms with E-state index in [1.807, 2.05) is 0 Å². The van der Waals surface area contributed by atoms with E-state index in [0.29, 0.717) is 11.1 Å². The minimum atomic E-state index is -0.904. The summed E-state index contributed by atoms with van der Waals surface area (Å²) in [6.07, 6.45) is 0.287. The summed E-state index contributed by atoms with van der Waals surface area (Å²) in [5.74, 6) is -2.57. The summed E-state index contributed by atoms with van der Waals surface area (Å²) in [4.78, 5) is 10.6. The zero-order valence-corrected chi connectivity index (χ0v) is 8.62. The summed E-state index contributed by atoms with van der Waals surface area (Å²) in [5.41, 5.74) is 1.31. The van der Waals surface area contributed by atoms with E-state index in [0.717, 1.165) is 0 Å². The number of phenols is 1. The summed E-state index contributed by atoms with van der Waals surface area (Å²) < 4.78 is 12.9. The molecule has 1 unspecified atom stereocenters. The van der Waals surface area contributed by atoms with Gasteiger partial charge in [0.2, 0.25) is 0 Å². The van der Waals surface area contributed by atoms with Crippen LogP contribution in [-0.2, 0) is 11.2 Å². The van der Waals surface area contributed by atoms with E-state index in [1.54, 1.807) is 13.8 Å². The molecule has 0 heterocycles. The van der Waals surface area contributed by atoms with Crippen LogP contribution in [0, 0.1) is 18.7 Å². The number of rotatable bonds is 3. The first-order valence-corrected chi connectivity index (χ1v) is 4.62. The number of aromatic hydroxyl groups is 1. The van der Waals surface area contributed by atoms with E-state index in [-0.39, 0.29) is 6.42 Å². The van der Waals surface area contributed by atoms with E-state index < -0.39 is 23.5 Å². The van der Waals surface area contributed by atoms with E-state index in [1.165, 1.54) is 12.1 Å².